The van der Waals surface area contributed by atoms with Gasteiger partial charge in [-0.25, -0.2) is 0 Å². The second kappa shape index (κ2) is 5.66. The summed E-state index contributed by atoms with van der Waals surface area (Å²) in [4.78, 5) is 10.6. The maximum atomic E-state index is 10.6. The van der Waals surface area contributed by atoms with Crippen molar-refractivity contribution in [2.24, 2.45) is 0 Å². The van der Waals surface area contributed by atoms with Crippen molar-refractivity contribution >= 4 is 17.7 Å². The van der Waals surface area contributed by atoms with E-state index in [4.69, 9.17) is 0 Å². The molecule has 5 nitrogen and oxygen atoms in total. The Labute approximate surface area is 121 Å². The van der Waals surface area contributed by atoms with Gasteiger partial charge < -0.3 is 14.5 Å². The molecule has 20 heavy (non-hydrogen) atoms. The average Bonchev–Trinajstić information content (AvgIpc) is 3.21. The van der Waals surface area contributed by atoms with Gasteiger partial charge in [0.1, 0.15) is 5.82 Å². The standard InChI is InChI=1S/C14H15N3O2S/c18-12(19)9-20-14-16-15-13(11-6-7-11)17(14)8-10-4-2-1-3-5-10/h1-5,11H,6-9H2,(H,18,19)/p-1. The third kappa shape index (κ3) is 3.01. The lowest BCUT2D eigenvalue weighted by molar-refractivity contribution is -0.301. The molecular formula is C14H14N3O2S-. The van der Waals surface area contributed by atoms with E-state index in [9.17, 15) is 9.90 Å². The molecule has 0 bridgehead atoms. The molecule has 0 unspecified atom stereocenters. The van der Waals surface area contributed by atoms with Gasteiger partial charge in [0.2, 0.25) is 0 Å². The summed E-state index contributed by atoms with van der Waals surface area (Å²) < 4.78 is 2.03. The number of benzene rings is 1. The Morgan fingerprint density at radius 2 is 2.05 bits per heavy atom. The molecule has 1 aromatic carbocycles. The van der Waals surface area contributed by atoms with Crippen LogP contribution in [0.5, 0.6) is 0 Å². The molecule has 1 saturated carbocycles. The van der Waals surface area contributed by atoms with Gasteiger partial charge in [0.05, 0.1) is 12.5 Å². The minimum absolute atomic E-state index is 0.0996. The Hall–Kier alpha value is -1.82. The highest BCUT2D eigenvalue weighted by atomic mass is 32.2. The van der Waals surface area contributed by atoms with E-state index in [1.165, 1.54) is 11.8 Å². The normalized spacial score (nSPS) is 14.4. The Kier molecular flexibility index (Phi) is 3.73. The number of aliphatic carboxylic acids is 1. The summed E-state index contributed by atoms with van der Waals surface area (Å²) in [7, 11) is 0. The van der Waals surface area contributed by atoms with Crippen LogP contribution in [0.25, 0.3) is 0 Å². The minimum atomic E-state index is -1.09. The molecule has 1 fully saturated rings. The maximum Gasteiger partial charge on any atom is 0.191 e. The number of aromatic nitrogens is 3. The van der Waals surface area contributed by atoms with E-state index in [1.54, 1.807) is 0 Å². The van der Waals surface area contributed by atoms with Crippen LogP contribution in [0.3, 0.4) is 0 Å². The van der Waals surface area contributed by atoms with E-state index < -0.39 is 5.97 Å². The van der Waals surface area contributed by atoms with E-state index >= 15 is 0 Å². The predicted octanol–water partition coefficient (Wildman–Crippen LogP) is 1.05. The fraction of sp³-hybridized carbons (Fsp3) is 0.357. The number of nitrogens with zero attached hydrogens (tertiary/aromatic N) is 3. The number of carbonyl (C=O) groups excluding carboxylic acids is 1. The summed E-state index contributed by atoms with van der Waals surface area (Å²) in [5.41, 5.74) is 1.16. The smallest absolute Gasteiger partial charge is 0.191 e. The van der Waals surface area contributed by atoms with Crippen LogP contribution >= 0.6 is 11.8 Å². The Morgan fingerprint density at radius 3 is 2.70 bits per heavy atom. The van der Waals surface area contributed by atoms with Crippen molar-refractivity contribution < 1.29 is 9.90 Å². The van der Waals surface area contributed by atoms with Crippen molar-refractivity contribution in [2.75, 3.05) is 5.75 Å². The highest BCUT2D eigenvalue weighted by molar-refractivity contribution is 7.99. The van der Waals surface area contributed by atoms with Gasteiger partial charge in [0.25, 0.3) is 0 Å². The lowest BCUT2D eigenvalue weighted by Crippen LogP contribution is -2.24. The van der Waals surface area contributed by atoms with Gasteiger partial charge in [0, 0.05) is 11.7 Å². The highest BCUT2D eigenvalue weighted by Gasteiger charge is 2.30. The van der Waals surface area contributed by atoms with Gasteiger partial charge in [0.15, 0.2) is 5.16 Å². The van der Waals surface area contributed by atoms with Crippen LogP contribution in [0.1, 0.15) is 30.1 Å². The second-order valence-electron chi connectivity index (χ2n) is 4.85. The second-order valence-corrected chi connectivity index (χ2v) is 5.79. The molecule has 2 aromatic rings. The first kappa shape index (κ1) is 13.2. The molecule has 3 rings (SSSR count). The Bertz CT molecular complexity index is 608. The zero-order valence-corrected chi connectivity index (χ0v) is 11.7. The van der Waals surface area contributed by atoms with E-state index in [0.29, 0.717) is 17.6 Å². The zero-order valence-electron chi connectivity index (χ0n) is 10.9. The van der Waals surface area contributed by atoms with Crippen LogP contribution in [0.4, 0.5) is 0 Å². The van der Waals surface area contributed by atoms with Crippen molar-refractivity contribution in [3.05, 3.63) is 41.7 Å². The summed E-state index contributed by atoms with van der Waals surface area (Å²) in [6.07, 6.45) is 2.27. The first-order valence-corrected chi connectivity index (χ1v) is 7.52. The molecule has 1 heterocycles. The maximum absolute atomic E-state index is 10.6. The monoisotopic (exact) mass is 288 g/mol. The van der Waals surface area contributed by atoms with Gasteiger partial charge >= 0.3 is 0 Å². The molecule has 0 amide bonds. The molecule has 0 saturated heterocycles. The van der Waals surface area contributed by atoms with Gasteiger partial charge in [-0.15, -0.1) is 10.2 Å². The summed E-state index contributed by atoms with van der Waals surface area (Å²) in [5.74, 6) is 0.257. The topological polar surface area (TPSA) is 70.8 Å². The van der Waals surface area contributed by atoms with E-state index in [2.05, 4.69) is 10.2 Å². The quantitative estimate of drug-likeness (QED) is 0.743. The molecule has 0 radical (unpaired) electrons. The van der Waals surface area contributed by atoms with Gasteiger partial charge in [-0.1, -0.05) is 42.1 Å². The van der Waals surface area contributed by atoms with Crippen molar-refractivity contribution in [1.82, 2.24) is 14.8 Å². The largest absolute Gasteiger partial charge is 0.549 e. The van der Waals surface area contributed by atoms with Crippen LogP contribution in [0, 0.1) is 0 Å². The van der Waals surface area contributed by atoms with Gasteiger partial charge in [-0.05, 0) is 18.4 Å². The Morgan fingerprint density at radius 1 is 1.30 bits per heavy atom. The van der Waals surface area contributed by atoms with Gasteiger partial charge in [-0.2, -0.15) is 0 Å². The third-order valence-electron chi connectivity index (χ3n) is 3.19. The van der Waals surface area contributed by atoms with Crippen LogP contribution in [-0.4, -0.2) is 26.5 Å². The summed E-state index contributed by atoms with van der Waals surface area (Å²) >= 11 is 1.17. The number of carboxylic acids is 1. The Balaban J connectivity index is 1.85. The lowest BCUT2D eigenvalue weighted by atomic mass is 10.2. The first-order valence-electron chi connectivity index (χ1n) is 6.53. The van der Waals surface area contributed by atoms with E-state index in [1.807, 2.05) is 34.9 Å². The number of rotatable bonds is 6. The van der Waals surface area contributed by atoms with Crippen LogP contribution in [0.2, 0.25) is 0 Å². The average molecular weight is 288 g/mol. The number of carboxylic acid groups (broad SMARTS) is 1. The fourth-order valence-corrected chi connectivity index (χ4v) is 2.75. The van der Waals surface area contributed by atoms with Crippen LogP contribution < -0.4 is 5.11 Å². The molecule has 1 aromatic heterocycles. The molecule has 6 heteroatoms. The van der Waals surface area contributed by atoms with E-state index in [0.717, 1.165) is 24.2 Å². The minimum Gasteiger partial charge on any atom is -0.549 e. The lowest BCUT2D eigenvalue weighted by Gasteiger charge is -2.10. The molecule has 0 spiro atoms. The van der Waals surface area contributed by atoms with Crippen LogP contribution in [0.15, 0.2) is 35.5 Å². The molecule has 0 aliphatic heterocycles. The number of hydrogen-bond donors (Lipinski definition) is 0. The number of thioether (sulfide) groups is 1. The van der Waals surface area contributed by atoms with Crippen LogP contribution in [-0.2, 0) is 11.3 Å². The number of hydrogen-bond acceptors (Lipinski definition) is 5. The molecule has 0 N–H and O–H groups in total. The SMILES string of the molecule is O=C([O-])CSc1nnc(C2CC2)n1Cc1ccccc1. The summed E-state index contributed by atoms with van der Waals surface area (Å²) in [6.45, 7) is 0.676. The predicted molar refractivity (Wildman–Crippen MR) is 73.3 cm³/mol. The van der Waals surface area contributed by atoms with Crippen molar-refractivity contribution in [3.63, 3.8) is 0 Å². The molecule has 1 aliphatic carbocycles. The van der Waals surface area contributed by atoms with Crippen molar-refractivity contribution in [3.8, 4) is 0 Å². The fourth-order valence-electron chi connectivity index (χ4n) is 2.09. The van der Waals surface area contributed by atoms with E-state index in [-0.39, 0.29) is 5.75 Å². The molecule has 104 valence electrons. The van der Waals surface area contributed by atoms with Gasteiger partial charge in [-0.3, -0.25) is 0 Å². The zero-order chi connectivity index (χ0) is 13.9. The molecule has 1 aliphatic rings. The molecule has 0 atom stereocenters. The van der Waals surface area contributed by atoms with Crippen molar-refractivity contribution in [2.45, 2.75) is 30.5 Å². The first-order chi connectivity index (χ1) is 9.74. The summed E-state index contributed by atoms with van der Waals surface area (Å²) in [5, 5.41) is 19.6. The molecular weight excluding hydrogens is 274 g/mol. The third-order valence-corrected chi connectivity index (χ3v) is 4.13. The highest BCUT2D eigenvalue weighted by Crippen LogP contribution is 2.40. The van der Waals surface area contributed by atoms with Crippen molar-refractivity contribution in [1.29, 1.82) is 0 Å². The summed E-state index contributed by atoms with van der Waals surface area (Å²) in [6, 6.07) is 10.0. The number of carbonyl (C=O) groups is 1.